The number of halogens is 9. The quantitative estimate of drug-likeness (QED) is 0.0812. The van der Waals surface area contributed by atoms with Crippen LogP contribution in [0, 0.1) is 29.4 Å². The first-order valence-electron chi connectivity index (χ1n) is 16.8. The first-order chi connectivity index (χ1) is 26.2. The van der Waals surface area contributed by atoms with E-state index in [0.717, 1.165) is 12.1 Å². The number of alkyl halides is 7. The Bertz CT molecular complexity index is 2440. The smallest absolute Gasteiger partial charge is 0.378 e. The lowest BCUT2D eigenvalue weighted by Gasteiger charge is -2.23. The third-order valence-corrected chi connectivity index (χ3v) is 9.18. The van der Waals surface area contributed by atoms with E-state index in [0.29, 0.717) is 10.7 Å². The largest absolute Gasteiger partial charge is 0.405 e. The average Bonchev–Trinajstić information content (AvgIpc) is 3.35. The van der Waals surface area contributed by atoms with Crippen LogP contribution in [0.4, 0.5) is 45.5 Å². The number of amides is 1. The number of nitrogens with zero attached hydrogens (tertiary/aromatic N) is 6. The maximum atomic E-state index is 15.5. The highest BCUT2D eigenvalue weighted by Crippen LogP contribution is 2.71. The fourth-order valence-corrected chi connectivity index (χ4v) is 6.92. The molecule has 0 radical (unpaired) electrons. The molecule has 10 nitrogen and oxygen atoms in total. The number of fused-ring (bicyclic) bond motifs is 4. The third-order valence-electron chi connectivity index (χ3n) is 9.18. The van der Waals surface area contributed by atoms with Gasteiger partial charge in [0.15, 0.2) is 5.65 Å². The van der Waals surface area contributed by atoms with Crippen molar-refractivity contribution in [2.45, 2.75) is 62.9 Å². The molecule has 0 spiro atoms. The Morgan fingerprint density at radius 2 is 1.77 bits per heavy atom. The lowest BCUT2D eigenvalue weighted by atomic mass is 9.95. The van der Waals surface area contributed by atoms with Crippen molar-refractivity contribution < 1.29 is 49.4 Å². The number of pyridine rings is 2. The van der Waals surface area contributed by atoms with Gasteiger partial charge in [-0.1, -0.05) is 18.1 Å². The van der Waals surface area contributed by atoms with Gasteiger partial charge in [-0.25, -0.2) is 22.5 Å². The molecule has 0 aliphatic heterocycles. The Labute approximate surface area is 311 Å². The lowest BCUT2D eigenvalue weighted by Crippen LogP contribution is -2.35. The number of hydrogen-bond acceptors (Lipinski definition) is 7. The molecule has 4 heterocycles. The molecule has 292 valence electrons. The summed E-state index contributed by atoms with van der Waals surface area (Å²) in [6.07, 6.45) is -6.84. The number of hydrogen-bond donors (Lipinski definition) is 3. The van der Waals surface area contributed by atoms with Gasteiger partial charge in [0, 0.05) is 34.9 Å². The van der Waals surface area contributed by atoms with E-state index in [-0.39, 0.29) is 50.8 Å². The lowest BCUT2D eigenvalue weighted by molar-refractivity contribution is -0.123. The molecular formula is C37H29F9N8O2. The summed E-state index contributed by atoms with van der Waals surface area (Å²) in [5.41, 5.74) is -3.16. The van der Waals surface area contributed by atoms with Gasteiger partial charge in [0.25, 0.3) is 12.3 Å². The van der Waals surface area contributed by atoms with Crippen molar-refractivity contribution >= 4 is 17.5 Å². The SMILES string of the molecule is C=C1[C@@H]2c3c(C(F)F)nn(CC(=O)N[C@@H](Cc4cc(F)cc(F)c4)c4nc(C#CC(C)(C)O)ccc4-c4cccn5c(NCC(F)(F)F)nnc45)c3C(F)(F)[C@H]12. The van der Waals surface area contributed by atoms with Gasteiger partial charge in [0.1, 0.15) is 47.4 Å². The minimum Gasteiger partial charge on any atom is -0.378 e. The second-order valence-electron chi connectivity index (χ2n) is 13.9. The van der Waals surface area contributed by atoms with Crippen molar-refractivity contribution in [2.24, 2.45) is 5.92 Å². The molecule has 2 aliphatic rings. The van der Waals surface area contributed by atoms with Gasteiger partial charge in [0.05, 0.1) is 17.7 Å². The van der Waals surface area contributed by atoms with E-state index in [9.17, 15) is 40.6 Å². The number of allylic oxidation sites excluding steroid dienone is 1. The topological polar surface area (TPSA) is 122 Å². The van der Waals surface area contributed by atoms with Gasteiger partial charge in [-0.15, -0.1) is 10.2 Å². The molecule has 1 fully saturated rings. The molecule has 1 amide bonds. The molecule has 7 rings (SSSR count). The average molecular weight is 789 g/mol. The Balaban J connectivity index is 1.34. The summed E-state index contributed by atoms with van der Waals surface area (Å²) in [6, 6.07) is 7.08. The summed E-state index contributed by atoms with van der Waals surface area (Å²) in [5, 5.41) is 26.6. The second kappa shape index (κ2) is 13.7. The van der Waals surface area contributed by atoms with Crippen LogP contribution < -0.4 is 10.6 Å². The fraction of sp³-hybridized carbons (Fsp3) is 0.324. The van der Waals surface area contributed by atoms with Crippen LogP contribution in [0.15, 0.2) is 60.8 Å². The number of carbonyl (C=O) groups is 1. The number of nitrogens with one attached hydrogen (secondary N) is 2. The van der Waals surface area contributed by atoms with Crippen molar-refractivity contribution in [1.82, 2.24) is 34.7 Å². The molecule has 5 aromatic rings. The minimum absolute atomic E-state index is 0.00190. The molecule has 1 aromatic carbocycles. The molecule has 0 bridgehead atoms. The summed E-state index contributed by atoms with van der Waals surface area (Å²) in [7, 11) is 0. The first-order valence-corrected chi connectivity index (χ1v) is 16.8. The van der Waals surface area contributed by atoms with Gasteiger partial charge in [-0.05, 0) is 68.2 Å². The normalized spacial score (nSPS) is 17.7. The number of rotatable bonds is 10. The van der Waals surface area contributed by atoms with Crippen LogP contribution in [0.1, 0.15) is 66.1 Å². The Morgan fingerprint density at radius 1 is 1.05 bits per heavy atom. The van der Waals surface area contributed by atoms with E-state index in [4.69, 9.17) is 0 Å². The van der Waals surface area contributed by atoms with Crippen LogP contribution in [0.5, 0.6) is 0 Å². The zero-order valence-electron chi connectivity index (χ0n) is 29.2. The van der Waals surface area contributed by atoms with E-state index in [1.165, 1.54) is 48.7 Å². The van der Waals surface area contributed by atoms with E-state index in [1.54, 1.807) is 0 Å². The van der Waals surface area contributed by atoms with Crippen molar-refractivity contribution in [2.75, 3.05) is 11.9 Å². The Hall–Kier alpha value is -5.90. The fourth-order valence-electron chi connectivity index (χ4n) is 6.92. The first kappa shape index (κ1) is 38.4. The van der Waals surface area contributed by atoms with Crippen LogP contribution in [0.3, 0.4) is 0 Å². The summed E-state index contributed by atoms with van der Waals surface area (Å²) >= 11 is 0. The monoisotopic (exact) mass is 788 g/mol. The molecule has 19 heteroatoms. The number of benzene rings is 1. The van der Waals surface area contributed by atoms with Gasteiger partial charge in [-0.2, -0.15) is 27.1 Å². The van der Waals surface area contributed by atoms with Crippen LogP contribution in [-0.2, 0) is 23.7 Å². The van der Waals surface area contributed by atoms with Gasteiger partial charge < -0.3 is 15.7 Å². The minimum atomic E-state index is -4.59. The number of anilines is 1. The molecule has 1 saturated carbocycles. The van der Waals surface area contributed by atoms with Crippen molar-refractivity contribution in [1.29, 1.82) is 0 Å². The molecule has 2 aliphatic carbocycles. The van der Waals surface area contributed by atoms with Gasteiger partial charge in [0.2, 0.25) is 11.9 Å². The van der Waals surface area contributed by atoms with Crippen LogP contribution >= 0.6 is 0 Å². The zero-order chi connectivity index (χ0) is 40.5. The summed E-state index contributed by atoms with van der Waals surface area (Å²) < 4.78 is 129. The predicted molar refractivity (Wildman–Crippen MR) is 181 cm³/mol. The van der Waals surface area contributed by atoms with E-state index in [1.807, 2.05) is 0 Å². The van der Waals surface area contributed by atoms with Crippen molar-refractivity contribution in [3.05, 3.63) is 106 Å². The number of carbonyl (C=O) groups excluding carboxylic acids is 1. The molecule has 3 atom stereocenters. The molecule has 4 aromatic heterocycles. The van der Waals surface area contributed by atoms with Crippen molar-refractivity contribution in [3.8, 4) is 23.0 Å². The van der Waals surface area contributed by atoms with E-state index in [2.05, 4.69) is 49.3 Å². The van der Waals surface area contributed by atoms with E-state index < -0.39 is 90.4 Å². The third kappa shape index (κ3) is 7.40. The highest BCUT2D eigenvalue weighted by molar-refractivity contribution is 5.81. The Kier molecular flexibility index (Phi) is 9.38. The predicted octanol–water partition coefficient (Wildman–Crippen LogP) is 6.78. The molecule has 0 unspecified atom stereocenters. The van der Waals surface area contributed by atoms with E-state index >= 15 is 8.78 Å². The highest BCUT2D eigenvalue weighted by atomic mass is 19.4. The maximum Gasteiger partial charge on any atom is 0.405 e. The summed E-state index contributed by atoms with van der Waals surface area (Å²) in [6.45, 7) is 3.96. The maximum absolute atomic E-state index is 15.5. The van der Waals surface area contributed by atoms with Crippen molar-refractivity contribution in [3.63, 3.8) is 0 Å². The molecule has 56 heavy (non-hydrogen) atoms. The molecule has 0 saturated heterocycles. The van der Waals surface area contributed by atoms with Gasteiger partial charge in [-0.3, -0.25) is 13.9 Å². The van der Waals surface area contributed by atoms with Gasteiger partial charge >= 0.3 is 6.18 Å². The summed E-state index contributed by atoms with van der Waals surface area (Å²) in [5.74, 6) is -4.05. The highest BCUT2D eigenvalue weighted by Gasteiger charge is 2.70. The summed E-state index contributed by atoms with van der Waals surface area (Å²) in [4.78, 5) is 18.4. The molecular weight excluding hydrogens is 759 g/mol. The second-order valence-corrected chi connectivity index (χ2v) is 13.9. The number of aliphatic hydroxyl groups is 1. The number of aromatic nitrogens is 6. The Morgan fingerprint density at radius 3 is 2.43 bits per heavy atom. The van der Waals surface area contributed by atoms with Crippen LogP contribution in [-0.4, -0.2) is 58.7 Å². The molecule has 3 N–H and O–H groups in total. The standard InChI is InChI=1S/C37H29F9N8O2/c1-17-26-27-30(32(40)41)52-54(31(27)37(45,46)28(17)26)15-25(55)49-24(13-18-11-19(38)14-20(39)12-18)29-22(7-6-21(48-29)8-9-35(2,3)56)23-5-4-10-53-33(23)50-51-34(53)47-16-36(42,43)44/h4-7,10-12,14,24,26,28,32,56H,1,13,15-16H2,2-3H3,(H,47,51)(H,49,55)/t24-,26+,28+/m0/s1. The van der Waals surface area contributed by atoms with Crippen LogP contribution in [0.2, 0.25) is 0 Å². The zero-order valence-corrected chi connectivity index (χ0v) is 29.2. The van der Waals surface area contributed by atoms with Crippen LogP contribution in [0.25, 0.3) is 16.8 Å².